The zero-order valence-corrected chi connectivity index (χ0v) is 10.7. The van der Waals surface area contributed by atoms with Gasteiger partial charge in [0.15, 0.2) is 11.4 Å². The normalized spacial score (nSPS) is 10.5. The summed E-state index contributed by atoms with van der Waals surface area (Å²) in [5.41, 5.74) is 3.82. The molecule has 0 spiro atoms. The Labute approximate surface area is 113 Å². The van der Waals surface area contributed by atoms with E-state index in [9.17, 15) is 0 Å². The highest BCUT2D eigenvalue weighted by atomic mass is 16.5. The maximum atomic E-state index is 5.57. The minimum atomic E-state index is 0.493. The number of para-hydroxylation sites is 1. The molecule has 96 valence electrons. The number of hydrogen-bond acceptors (Lipinski definition) is 2. The smallest absolute Gasteiger partial charge is 0.198 e. The van der Waals surface area contributed by atoms with E-state index < -0.39 is 0 Å². The maximum Gasteiger partial charge on any atom is 0.198 e. The van der Waals surface area contributed by atoms with Crippen LogP contribution >= 0.6 is 0 Å². The van der Waals surface area contributed by atoms with Gasteiger partial charge in [-0.05, 0) is 11.6 Å². The van der Waals surface area contributed by atoms with Crippen LogP contribution in [0.1, 0.15) is 5.56 Å². The van der Waals surface area contributed by atoms with Crippen LogP contribution in [-0.2, 0) is 0 Å². The van der Waals surface area contributed by atoms with Crippen LogP contribution in [0.3, 0.4) is 0 Å². The monoisotopic (exact) mass is 253 g/mol. The highest BCUT2D eigenvalue weighted by Gasteiger charge is 2.04. The SMILES string of the molecule is C=CCOc1ccccc1[NH2+]/N=C\c1ccccc1. The van der Waals surface area contributed by atoms with Crippen LogP contribution < -0.4 is 10.2 Å². The summed E-state index contributed by atoms with van der Waals surface area (Å²) in [5, 5.41) is 4.32. The Kier molecular flexibility index (Phi) is 4.90. The molecular weight excluding hydrogens is 236 g/mol. The van der Waals surface area contributed by atoms with E-state index in [1.54, 1.807) is 11.5 Å². The molecule has 2 rings (SSSR count). The molecule has 0 fully saturated rings. The summed E-state index contributed by atoms with van der Waals surface area (Å²) >= 11 is 0. The Morgan fingerprint density at radius 3 is 2.58 bits per heavy atom. The van der Waals surface area contributed by atoms with Crippen molar-refractivity contribution in [3.63, 3.8) is 0 Å². The predicted molar refractivity (Wildman–Crippen MR) is 77.8 cm³/mol. The second-order valence-electron chi connectivity index (χ2n) is 3.96. The quantitative estimate of drug-likeness (QED) is 0.277. The van der Waals surface area contributed by atoms with Crippen molar-refractivity contribution in [2.45, 2.75) is 0 Å². The fraction of sp³-hybridized carbons (Fsp3) is 0.0625. The summed E-state index contributed by atoms with van der Waals surface area (Å²) in [4.78, 5) is 0. The Morgan fingerprint density at radius 2 is 1.79 bits per heavy atom. The van der Waals surface area contributed by atoms with Crippen LogP contribution in [0.25, 0.3) is 0 Å². The molecule has 0 saturated carbocycles. The van der Waals surface area contributed by atoms with E-state index >= 15 is 0 Å². The van der Waals surface area contributed by atoms with Crippen molar-refractivity contribution in [2.75, 3.05) is 6.61 Å². The van der Waals surface area contributed by atoms with E-state index in [-0.39, 0.29) is 0 Å². The fourth-order valence-electron chi connectivity index (χ4n) is 1.61. The number of nitrogens with zero attached hydrogens (tertiary/aromatic N) is 1. The molecule has 19 heavy (non-hydrogen) atoms. The van der Waals surface area contributed by atoms with Gasteiger partial charge in [0.25, 0.3) is 0 Å². The van der Waals surface area contributed by atoms with Gasteiger partial charge in [-0.15, -0.1) is 0 Å². The summed E-state index contributed by atoms with van der Waals surface area (Å²) in [7, 11) is 0. The number of ether oxygens (including phenoxy) is 1. The molecule has 3 heteroatoms. The van der Waals surface area contributed by atoms with Gasteiger partial charge in [-0.25, -0.2) is 0 Å². The van der Waals surface area contributed by atoms with Gasteiger partial charge < -0.3 is 4.74 Å². The Morgan fingerprint density at radius 1 is 1.05 bits per heavy atom. The highest BCUT2D eigenvalue weighted by molar-refractivity contribution is 5.78. The van der Waals surface area contributed by atoms with Gasteiger partial charge >= 0.3 is 0 Å². The molecule has 0 radical (unpaired) electrons. The molecule has 2 aromatic rings. The minimum Gasteiger partial charge on any atom is -0.483 e. The van der Waals surface area contributed by atoms with E-state index in [1.165, 1.54) is 0 Å². The van der Waals surface area contributed by atoms with Gasteiger partial charge in [0.05, 0.1) is 6.21 Å². The Hall–Kier alpha value is -2.39. The van der Waals surface area contributed by atoms with E-state index in [1.807, 2.05) is 60.8 Å². The van der Waals surface area contributed by atoms with E-state index in [4.69, 9.17) is 4.74 Å². The van der Waals surface area contributed by atoms with Gasteiger partial charge in [-0.1, -0.05) is 60.2 Å². The molecule has 2 aromatic carbocycles. The third-order valence-corrected chi connectivity index (χ3v) is 2.51. The van der Waals surface area contributed by atoms with Gasteiger partial charge in [0.2, 0.25) is 0 Å². The van der Waals surface area contributed by atoms with Crippen LogP contribution in [0, 0.1) is 0 Å². The Balaban J connectivity index is 2.03. The number of nitrogens with two attached hydrogens (primary N) is 1. The summed E-state index contributed by atoms with van der Waals surface area (Å²) in [6.45, 7) is 4.14. The number of quaternary nitrogens is 1. The molecule has 2 N–H and O–H groups in total. The molecule has 0 saturated heterocycles. The molecule has 0 aliphatic heterocycles. The molecule has 0 heterocycles. The third-order valence-electron chi connectivity index (χ3n) is 2.51. The second kappa shape index (κ2) is 7.13. The first-order valence-corrected chi connectivity index (χ1v) is 6.14. The lowest BCUT2D eigenvalue weighted by Crippen LogP contribution is -2.71. The minimum absolute atomic E-state index is 0.493. The molecule has 0 aliphatic carbocycles. The maximum absolute atomic E-state index is 5.57. The number of benzene rings is 2. The molecule has 0 bridgehead atoms. The predicted octanol–water partition coefficient (Wildman–Crippen LogP) is 2.48. The van der Waals surface area contributed by atoms with Crippen LogP contribution in [0.2, 0.25) is 0 Å². The van der Waals surface area contributed by atoms with Crippen molar-refractivity contribution in [3.05, 3.63) is 72.8 Å². The van der Waals surface area contributed by atoms with Crippen molar-refractivity contribution >= 4 is 11.9 Å². The van der Waals surface area contributed by atoms with E-state index in [0.717, 1.165) is 17.0 Å². The van der Waals surface area contributed by atoms with Crippen molar-refractivity contribution in [3.8, 4) is 5.75 Å². The summed E-state index contributed by atoms with van der Waals surface area (Å²) < 4.78 is 5.57. The zero-order valence-electron chi connectivity index (χ0n) is 10.7. The molecule has 0 amide bonds. The standard InChI is InChI=1S/C16H16N2O/c1-2-12-19-16-11-7-6-10-15(16)18-17-13-14-8-4-3-5-9-14/h2-11,13,18H,1,12H2/p+1/b17-13-. The largest absolute Gasteiger partial charge is 0.483 e. The summed E-state index contributed by atoms with van der Waals surface area (Å²) in [5.74, 6) is 0.813. The third kappa shape index (κ3) is 4.08. The van der Waals surface area contributed by atoms with Gasteiger partial charge in [-0.3, -0.25) is 0 Å². The first kappa shape index (κ1) is 13.1. The molecule has 3 nitrogen and oxygen atoms in total. The molecule has 0 atom stereocenters. The molecule has 0 aromatic heterocycles. The average Bonchev–Trinajstić information content (AvgIpc) is 2.47. The van der Waals surface area contributed by atoms with Crippen LogP contribution in [-0.4, -0.2) is 12.8 Å². The van der Waals surface area contributed by atoms with E-state index in [0.29, 0.717) is 6.61 Å². The van der Waals surface area contributed by atoms with Crippen molar-refractivity contribution in [2.24, 2.45) is 5.10 Å². The summed E-state index contributed by atoms with van der Waals surface area (Å²) in [6.07, 6.45) is 3.55. The zero-order chi connectivity index (χ0) is 13.3. The first-order valence-electron chi connectivity index (χ1n) is 6.14. The summed E-state index contributed by atoms with van der Waals surface area (Å²) in [6, 6.07) is 17.8. The van der Waals surface area contributed by atoms with Gasteiger partial charge in [0.1, 0.15) is 6.61 Å². The number of rotatable bonds is 6. The fourth-order valence-corrected chi connectivity index (χ4v) is 1.61. The molecular formula is C16H17N2O+. The lowest BCUT2D eigenvalue weighted by atomic mass is 10.2. The first-order chi connectivity index (χ1) is 9.40. The van der Waals surface area contributed by atoms with Gasteiger partial charge in [0, 0.05) is 6.07 Å². The van der Waals surface area contributed by atoms with Crippen molar-refractivity contribution in [1.82, 2.24) is 0 Å². The lowest BCUT2D eigenvalue weighted by molar-refractivity contribution is -0.577. The second-order valence-corrected chi connectivity index (χ2v) is 3.96. The van der Waals surface area contributed by atoms with Crippen LogP contribution in [0.5, 0.6) is 5.75 Å². The van der Waals surface area contributed by atoms with Crippen LogP contribution in [0.4, 0.5) is 5.69 Å². The van der Waals surface area contributed by atoms with Crippen LogP contribution in [0.15, 0.2) is 72.4 Å². The molecule has 0 aliphatic rings. The number of hydrogen-bond donors (Lipinski definition) is 1. The molecule has 0 unspecified atom stereocenters. The average molecular weight is 253 g/mol. The van der Waals surface area contributed by atoms with Crippen molar-refractivity contribution in [1.29, 1.82) is 0 Å². The van der Waals surface area contributed by atoms with E-state index in [2.05, 4.69) is 11.7 Å². The highest BCUT2D eigenvalue weighted by Crippen LogP contribution is 2.18. The topological polar surface area (TPSA) is 38.2 Å². The van der Waals surface area contributed by atoms with Crippen molar-refractivity contribution < 1.29 is 10.2 Å². The lowest BCUT2D eigenvalue weighted by Gasteiger charge is -2.04. The van der Waals surface area contributed by atoms with Gasteiger partial charge in [-0.2, -0.15) is 5.43 Å². The Bertz CT molecular complexity index is 550.